The minimum absolute atomic E-state index is 0. The summed E-state index contributed by atoms with van der Waals surface area (Å²) in [5.74, 6) is 1.20. The van der Waals surface area contributed by atoms with E-state index in [2.05, 4.69) is 22.3 Å². The topological polar surface area (TPSA) is 35.5 Å². The summed E-state index contributed by atoms with van der Waals surface area (Å²) in [6.45, 7) is 4.48. The standard InChI is InChI=1S/C14H20N2O.2ClH/c17-13-5-3-12(4-6-13)14(11-1-2-11)16-9-7-15-8-10-16;;/h3-6,11,14-15,17H,1-2,7-10H2;2*1H/t14-;;/m1../s1. The average molecular weight is 305 g/mol. The van der Waals surface area contributed by atoms with Crippen molar-refractivity contribution in [2.45, 2.75) is 18.9 Å². The Hall–Kier alpha value is -0.480. The summed E-state index contributed by atoms with van der Waals surface area (Å²) in [6.07, 6.45) is 2.71. The van der Waals surface area contributed by atoms with Gasteiger partial charge in [-0.1, -0.05) is 12.1 Å². The predicted molar refractivity (Wildman–Crippen MR) is 82.5 cm³/mol. The van der Waals surface area contributed by atoms with Crippen LogP contribution in [-0.2, 0) is 0 Å². The van der Waals surface area contributed by atoms with Gasteiger partial charge in [0.15, 0.2) is 0 Å². The van der Waals surface area contributed by atoms with E-state index in [9.17, 15) is 5.11 Å². The van der Waals surface area contributed by atoms with Gasteiger partial charge in [0.1, 0.15) is 5.75 Å². The van der Waals surface area contributed by atoms with Crippen LogP contribution in [0.4, 0.5) is 0 Å². The first-order valence-corrected chi connectivity index (χ1v) is 6.58. The lowest BCUT2D eigenvalue weighted by Crippen LogP contribution is -2.45. The van der Waals surface area contributed by atoms with Crippen LogP contribution in [0.5, 0.6) is 5.75 Å². The van der Waals surface area contributed by atoms with Gasteiger partial charge in [0.25, 0.3) is 0 Å². The van der Waals surface area contributed by atoms with Crippen molar-refractivity contribution in [2.24, 2.45) is 5.92 Å². The molecule has 2 aliphatic rings. The Bertz CT molecular complexity index is 376. The zero-order valence-electron chi connectivity index (χ0n) is 10.9. The van der Waals surface area contributed by atoms with Crippen LogP contribution in [0.15, 0.2) is 24.3 Å². The highest BCUT2D eigenvalue weighted by atomic mass is 35.5. The van der Waals surface area contributed by atoms with Crippen molar-refractivity contribution in [1.29, 1.82) is 0 Å². The van der Waals surface area contributed by atoms with E-state index in [1.54, 1.807) is 0 Å². The van der Waals surface area contributed by atoms with Gasteiger partial charge in [0.05, 0.1) is 0 Å². The summed E-state index contributed by atoms with van der Waals surface area (Å²) < 4.78 is 0. The fourth-order valence-corrected chi connectivity index (χ4v) is 2.82. The van der Waals surface area contributed by atoms with Gasteiger partial charge in [-0.15, -0.1) is 24.8 Å². The minimum atomic E-state index is 0. The molecule has 1 saturated heterocycles. The molecule has 1 heterocycles. The summed E-state index contributed by atoms with van der Waals surface area (Å²) in [4.78, 5) is 2.60. The van der Waals surface area contributed by atoms with E-state index in [0.717, 1.165) is 32.1 Å². The molecular weight excluding hydrogens is 283 g/mol. The Kier molecular flexibility index (Phi) is 6.40. The summed E-state index contributed by atoms with van der Waals surface area (Å²) in [7, 11) is 0. The molecule has 2 N–H and O–H groups in total. The lowest BCUT2D eigenvalue weighted by molar-refractivity contribution is 0.156. The van der Waals surface area contributed by atoms with Crippen LogP contribution in [0, 0.1) is 5.92 Å². The number of phenols is 1. The number of benzene rings is 1. The molecule has 0 aromatic heterocycles. The number of piperazine rings is 1. The van der Waals surface area contributed by atoms with Crippen molar-refractivity contribution in [3.8, 4) is 5.75 Å². The summed E-state index contributed by atoms with van der Waals surface area (Å²) in [5, 5.41) is 12.8. The molecule has 1 saturated carbocycles. The smallest absolute Gasteiger partial charge is 0.115 e. The summed E-state index contributed by atoms with van der Waals surface area (Å²) in [5.41, 5.74) is 1.37. The number of aromatic hydroxyl groups is 1. The highest BCUT2D eigenvalue weighted by Gasteiger charge is 2.36. The van der Waals surface area contributed by atoms with Gasteiger partial charge in [-0.25, -0.2) is 0 Å². The Morgan fingerprint density at radius 2 is 1.63 bits per heavy atom. The number of phenolic OH excluding ortho intramolecular Hbond substituents is 1. The van der Waals surface area contributed by atoms with Crippen LogP contribution >= 0.6 is 24.8 Å². The highest BCUT2D eigenvalue weighted by molar-refractivity contribution is 5.85. The maximum atomic E-state index is 9.38. The first-order valence-electron chi connectivity index (χ1n) is 6.58. The van der Waals surface area contributed by atoms with Crippen LogP contribution in [-0.4, -0.2) is 36.2 Å². The van der Waals surface area contributed by atoms with Crippen molar-refractivity contribution >= 4 is 24.8 Å². The van der Waals surface area contributed by atoms with Crippen molar-refractivity contribution in [1.82, 2.24) is 10.2 Å². The number of nitrogens with zero attached hydrogens (tertiary/aromatic N) is 1. The molecule has 1 atom stereocenters. The number of rotatable bonds is 3. The Labute approximate surface area is 127 Å². The number of hydrogen-bond acceptors (Lipinski definition) is 3. The molecule has 0 amide bonds. The van der Waals surface area contributed by atoms with Crippen LogP contribution in [0.3, 0.4) is 0 Å². The Balaban J connectivity index is 0.000000902. The molecule has 0 spiro atoms. The molecule has 3 nitrogen and oxygen atoms in total. The van der Waals surface area contributed by atoms with Crippen molar-refractivity contribution in [3.63, 3.8) is 0 Å². The number of hydrogen-bond donors (Lipinski definition) is 2. The maximum Gasteiger partial charge on any atom is 0.115 e. The Morgan fingerprint density at radius 3 is 2.16 bits per heavy atom. The maximum absolute atomic E-state index is 9.38. The second-order valence-electron chi connectivity index (χ2n) is 5.16. The predicted octanol–water partition coefficient (Wildman–Crippen LogP) is 2.59. The third-order valence-electron chi connectivity index (χ3n) is 3.85. The number of halogens is 2. The third kappa shape index (κ3) is 3.99. The number of nitrogens with one attached hydrogen (secondary N) is 1. The fourth-order valence-electron chi connectivity index (χ4n) is 2.82. The SMILES string of the molecule is Cl.Cl.Oc1ccc([C@@H](C2CC2)N2CCNCC2)cc1. The molecule has 1 aliphatic heterocycles. The molecule has 0 bridgehead atoms. The van der Waals surface area contributed by atoms with E-state index in [1.807, 2.05) is 12.1 Å². The molecule has 108 valence electrons. The monoisotopic (exact) mass is 304 g/mol. The van der Waals surface area contributed by atoms with Gasteiger partial charge in [-0.3, -0.25) is 4.90 Å². The van der Waals surface area contributed by atoms with Gasteiger partial charge in [0, 0.05) is 32.2 Å². The first-order chi connectivity index (χ1) is 8.34. The molecule has 2 fully saturated rings. The molecule has 5 heteroatoms. The van der Waals surface area contributed by atoms with Crippen molar-refractivity contribution in [2.75, 3.05) is 26.2 Å². The average Bonchev–Trinajstić information content (AvgIpc) is 3.18. The molecule has 0 radical (unpaired) electrons. The van der Waals surface area contributed by atoms with E-state index in [-0.39, 0.29) is 24.8 Å². The fraction of sp³-hybridized carbons (Fsp3) is 0.571. The van der Waals surface area contributed by atoms with Crippen LogP contribution in [0.25, 0.3) is 0 Å². The molecule has 1 aliphatic carbocycles. The second kappa shape index (κ2) is 7.34. The van der Waals surface area contributed by atoms with Gasteiger partial charge < -0.3 is 10.4 Å². The van der Waals surface area contributed by atoms with Gasteiger partial charge in [-0.2, -0.15) is 0 Å². The van der Waals surface area contributed by atoms with E-state index < -0.39 is 0 Å². The van der Waals surface area contributed by atoms with Crippen molar-refractivity contribution < 1.29 is 5.11 Å². The lowest BCUT2D eigenvalue weighted by Gasteiger charge is -2.35. The van der Waals surface area contributed by atoms with Gasteiger partial charge in [-0.05, 0) is 36.5 Å². The molecular formula is C14H22Cl2N2O. The second-order valence-corrected chi connectivity index (χ2v) is 5.16. The quantitative estimate of drug-likeness (QED) is 0.901. The van der Waals surface area contributed by atoms with E-state index in [1.165, 1.54) is 18.4 Å². The van der Waals surface area contributed by atoms with Crippen molar-refractivity contribution in [3.05, 3.63) is 29.8 Å². The zero-order chi connectivity index (χ0) is 11.7. The first kappa shape index (κ1) is 16.6. The summed E-state index contributed by atoms with van der Waals surface area (Å²) >= 11 is 0. The van der Waals surface area contributed by atoms with Gasteiger partial charge in [0.2, 0.25) is 0 Å². The van der Waals surface area contributed by atoms with Gasteiger partial charge >= 0.3 is 0 Å². The highest BCUT2D eigenvalue weighted by Crippen LogP contribution is 2.44. The van der Waals surface area contributed by atoms with E-state index in [4.69, 9.17) is 0 Å². The van der Waals surface area contributed by atoms with Crippen LogP contribution in [0.2, 0.25) is 0 Å². The largest absolute Gasteiger partial charge is 0.508 e. The lowest BCUT2D eigenvalue weighted by atomic mass is 10.00. The van der Waals surface area contributed by atoms with Crippen LogP contribution in [0.1, 0.15) is 24.4 Å². The normalized spacial score (nSPS) is 21.1. The van der Waals surface area contributed by atoms with E-state index in [0.29, 0.717) is 11.8 Å². The third-order valence-corrected chi connectivity index (χ3v) is 3.85. The van der Waals surface area contributed by atoms with Crippen LogP contribution < -0.4 is 5.32 Å². The molecule has 1 aromatic carbocycles. The molecule has 3 rings (SSSR count). The van der Waals surface area contributed by atoms with E-state index >= 15 is 0 Å². The molecule has 0 unspecified atom stereocenters. The Morgan fingerprint density at radius 1 is 1.05 bits per heavy atom. The zero-order valence-corrected chi connectivity index (χ0v) is 12.6. The molecule has 1 aromatic rings. The summed E-state index contributed by atoms with van der Waals surface area (Å²) in [6, 6.07) is 8.36. The molecule has 19 heavy (non-hydrogen) atoms. The minimum Gasteiger partial charge on any atom is -0.508 e.